The number of H-pyrrole nitrogens is 1. The van der Waals surface area contributed by atoms with Crippen molar-refractivity contribution in [2.75, 3.05) is 17.2 Å². The van der Waals surface area contributed by atoms with Crippen molar-refractivity contribution in [2.45, 2.75) is 26.8 Å². The predicted octanol–water partition coefficient (Wildman–Crippen LogP) is 1.57. The quantitative estimate of drug-likeness (QED) is 0.691. The molecule has 120 valence electrons. The van der Waals surface area contributed by atoms with Gasteiger partial charge in [0.1, 0.15) is 0 Å². The van der Waals surface area contributed by atoms with Gasteiger partial charge in [-0.3, -0.25) is 14.7 Å². The van der Waals surface area contributed by atoms with Gasteiger partial charge in [-0.15, -0.1) is 0 Å². The largest absolute Gasteiger partial charge is 0.326 e. The summed E-state index contributed by atoms with van der Waals surface area (Å²) in [6.07, 6.45) is 0.840. The van der Waals surface area contributed by atoms with Gasteiger partial charge in [-0.05, 0) is 24.6 Å². The lowest BCUT2D eigenvalue weighted by atomic mass is 10.1. The molecule has 0 aliphatic carbocycles. The first-order valence-electron chi connectivity index (χ1n) is 7.51. The minimum atomic E-state index is -0.255. The summed E-state index contributed by atoms with van der Waals surface area (Å²) in [5, 5.41) is 15.9. The summed E-state index contributed by atoms with van der Waals surface area (Å²) in [4.78, 5) is 23.7. The monoisotopic (exact) mass is 313 g/mol. The fraction of sp³-hybridized carbons (Fsp3) is 0.312. The number of nitrogens with zero attached hydrogens (tertiary/aromatic N) is 1. The number of aromatic nitrogens is 2. The third-order valence-electron chi connectivity index (χ3n) is 3.83. The van der Waals surface area contributed by atoms with Crippen molar-refractivity contribution in [2.24, 2.45) is 0 Å². The second-order valence-electron chi connectivity index (χ2n) is 5.62. The van der Waals surface area contributed by atoms with E-state index in [2.05, 4.69) is 26.1 Å². The molecule has 0 saturated carbocycles. The van der Waals surface area contributed by atoms with Crippen LogP contribution in [0.1, 0.15) is 34.2 Å². The van der Waals surface area contributed by atoms with Crippen LogP contribution < -0.4 is 16.0 Å². The van der Waals surface area contributed by atoms with Crippen LogP contribution in [-0.2, 0) is 17.8 Å². The van der Waals surface area contributed by atoms with Crippen LogP contribution in [0.15, 0.2) is 18.2 Å². The molecular formula is C16H19N5O2. The van der Waals surface area contributed by atoms with Crippen molar-refractivity contribution in [3.05, 3.63) is 40.7 Å². The summed E-state index contributed by atoms with van der Waals surface area (Å²) in [6, 6.07) is 5.39. The third kappa shape index (κ3) is 3.24. The Hall–Kier alpha value is -2.67. The van der Waals surface area contributed by atoms with E-state index in [1.165, 1.54) is 6.92 Å². The zero-order valence-electron chi connectivity index (χ0n) is 13.1. The van der Waals surface area contributed by atoms with E-state index < -0.39 is 0 Å². The number of amides is 2. The van der Waals surface area contributed by atoms with E-state index in [4.69, 9.17) is 0 Å². The molecule has 3 rings (SSSR count). The first-order valence-corrected chi connectivity index (χ1v) is 7.51. The predicted molar refractivity (Wildman–Crippen MR) is 87.4 cm³/mol. The molecule has 1 aliphatic rings. The number of nitrogens with one attached hydrogen (secondary N) is 4. The van der Waals surface area contributed by atoms with Crippen LogP contribution >= 0.6 is 0 Å². The molecule has 0 spiro atoms. The van der Waals surface area contributed by atoms with E-state index >= 15 is 0 Å². The number of carbonyl (C=O) groups is 2. The number of hydrogen-bond acceptors (Lipinski definition) is 4. The molecule has 0 saturated heterocycles. The number of carbonyl (C=O) groups excluding carboxylic acids is 2. The lowest BCUT2D eigenvalue weighted by Crippen LogP contribution is -2.25. The molecule has 1 aliphatic heterocycles. The van der Waals surface area contributed by atoms with Gasteiger partial charge in [0.05, 0.1) is 0 Å². The molecule has 4 N–H and O–H groups in total. The summed E-state index contributed by atoms with van der Waals surface area (Å²) < 4.78 is 0. The van der Waals surface area contributed by atoms with Gasteiger partial charge in [-0.1, -0.05) is 6.07 Å². The molecule has 2 heterocycles. The Labute approximate surface area is 133 Å². The first-order chi connectivity index (χ1) is 11.0. The highest BCUT2D eigenvalue weighted by Crippen LogP contribution is 2.22. The first kappa shape index (κ1) is 15.2. The van der Waals surface area contributed by atoms with Crippen LogP contribution in [0.4, 0.5) is 11.4 Å². The highest BCUT2D eigenvalue weighted by atomic mass is 16.2. The van der Waals surface area contributed by atoms with Gasteiger partial charge >= 0.3 is 0 Å². The molecule has 0 unspecified atom stereocenters. The van der Waals surface area contributed by atoms with Crippen LogP contribution in [0, 0.1) is 6.92 Å². The molecule has 0 radical (unpaired) electrons. The van der Waals surface area contributed by atoms with E-state index in [-0.39, 0.29) is 11.8 Å². The Morgan fingerprint density at radius 3 is 2.87 bits per heavy atom. The minimum Gasteiger partial charge on any atom is -0.326 e. The Bertz CT molecular complexity index is 766. The smallest absolute Gasteiger partial charge is 0.276 e. The van der Waals surface area contributed by atoms with Gasteiger partial charge in [0, 0.05) is 49.1 Å². The minimum absolute atomic E-state index is 0.154. The van der Waals surface area contributed by atoms with E-state index in [9.17, 15) is 9.59 Å². The Morgan fingerprint density at radius 1 is 1.26 bits per heavy atom. The van der Waals surface area contributed by atoms with Crippen LogP contribution in [-0.4, -0.2) is 28.6 Å². The van der Waals surface area contributed by atoms with Gasteiger partial charge in [0.2, 0.25) is 5.91 Å². The van der Waals surface area contributed by atoms with E-state index in [1.54, 1.807) is 12.1 Å². The van der Waals surface area contributed by atoms with E-state index in [1.807, 2.05) is 13.0 Å². The summed E-state index contributed by atoms with van der Waals surface area (Å²) >= 11 is 0. The lowest BCUT2D eigenvalue weighted by Gasteiger charge is -2.14. The average Bonchev–Trinajstić information content (AvgIpc) is 2.94. The molecule has 23 heavy (non-hydrogen) atoms. The molecule has 1 aromatic heterocycles. The van der Waals surface area contributed by atoms with E-state index in [0.29, 0.717) is 23.6 Å². The second kappa shape index (κ2) is 6.21. The Balaban J connectivity index is 1.82. The molecular weight excluding hydrogens is 294 g/mol. The number of fused-ring (bicyclic) bond motifs is 1. The number of benzene rings is 1. The maximum Gasteiger partial charge on any atom is 0.276 e. The van der Waals surface area contributed by atoms with Gasteiger partial charge in [-0.25, -0.2) is 0 Å². The van der Waals surface area contributed by atoms with Gasteiger partial charge < -0.3 is 16.0 Å². The van der Waals surface area contributed by atoms with Crippen molar-refractivity contribution in [1.29, 1.82) is 0 Å². The molecule has 2 amide bonds. The molecule has 1 aromatic carbocycles. The van der Waals surface area contributed by atoms with Crippen LogP contribution in [0.3, 0.4) is 0 Å². The number of aromatic amines is 1. The SMILES string of the molecule is CC(=O)Nc1ccc(C)c(NC(=O)c2n[nH]c3c2CNCC3)c1. The fourth-order valence-corrected chi connectivity index (χ4v) is 2.63. The third-order valence-corrected chi connectivity index (χ3v) is 3.83. The highest BCUT2D eigenvalue weighted by Gasteiger charge is 2.22. The van der Waals surface area contributed by atoms with Crippen molar-refractivity contribution in [3.63, 3.8) is 0 Å². The van der Waals surface area contributed by atoms with Crippen molar-refractivity contribution >= 4 is 23.2 Å². The van der Waals surface area contributed by atoms with Crippen molar-refractivity contribution in [1.82, 2.24) is 15.5 Å². The van der Waals surface area contributed by atoms with Crippen LogP contribution in [0.2, 0.25) is 0 Å². The number of rotatable bonds is 3. The standard InChI is InChI=1S/C16H19N5O2/c1-9-3-4-11(18-10(2)22)7-14(9)19-16(23)15-12-8-17-6-5-13(12)20-21-15/h3-4,7,17H,5-6,8H2,1-2H3,(H,18,22)(H,19,23)(H,20,21). The maximum atomic E-state index is 12.5. The number of anilines is 2. The van der Waals surface area contributed by atoms with Gasteiger partial charge in [0.25, 0.3) is 5.91 Å². The molecule has 0 fully saturated rings. The molecule has 7 nitrogen and oxygen atoms in total. The topological polar surface area (TPSA) is 98.9 Å². The molecule has 2 aromatic rings. The zero-order valence-corrected chi connectivity index (χ0v) is 13.1. The van der Waals surface area contributed by atoms with Crippen LogP contribution in [0.25, 0.3) is 0 Å². The number of aryl methyl sites for hydroxylation is 1. The summed E-state index contributed by atoms with van der Waals surface area (Å²) in [6.45, 7) is 4.86. The molecule has 7 heteroatoms. The second-order valence-corrected chi connectivity index (χ2v) is 5.62. The molecule has 0 atom stereocenters. The summed E-state index contributed by atoms with van der Waals surface area (Å²) in [5.74, 6) is -0.409. The Kier molecular flexibility index (Phi) is 4.12. The summed E-state index contributed by atoms with van der Waals surface area (Å²) in [7, 11) is 0. The van der Waals surface area contributed by atoms with E-state index in [0.717, 1.165) is 29.8 Å². The number of hydrogen-bond donors (Lipinski definition) is 4. The summed E-state index contributed by atoms with van der Waals surface area (Å²) in [5.41, 5.74) is 4.56. The highest BCUT2D eigenvalue weighted by molar-refractivity contribution is 6.05. The normalized spacial score (nSPS) is 13.3. The maximum absolute atomic E-state index is 12.5. The zero-order chi connectivity index (χ0) is 16.4. The van der Waals surface area contributed by atoms with Gasteiger partial charge in [-0.2, -0.15) is 5.10 Å². The Morgan fingerprint density at radius 2 is 2.09 bits per heavy atom. The van der Waals surface area contributed by atoms with Crippen molar-refractivity contribution < 1.29 is 9.59 Å². The van der Waals surface area contributed by atoms with Crippen molar-refractivity contribution in [3.8, 4) is 0 Å². The van der Waals surface area contributed by atoms with Gasteiger partial charge in [0.15, 0.2) is 5.69 Å². The molecule has 0 bridgehead atoms. The lowest BCUT2D eigenvalue weighted by molar-refractivity contribution is -0.114. The van der Waals surface area contributed by atoms with Crippen LogP contribution in [0.5, 0.6) is 0 Å². The fourth-order valence-electron chi connectivity index (χ4n) is 2.63. The average molecular weight is 313 g/mol.